The number of hydrogen-bond acceptors (Lipinski definition) is 9. The van der Waals surface area contributed by atoms with Gasteiger partial charge in [0.25, 0.3) is 5.91 Å². The summed E-state index contributed by atoms with van der Waals surface area (Å²) in [6.45, 7) is 5.64. The standard InChI is InChI=1S/C23H25N5O5S/c1-4-32-23(31)19-17-10-5-13(2)11-18(17)34-21(19)25-20(29)14(3)33-22(30)15-6-8-16(9-7-15)28-12-24-26-27-28/h6-9,12-14H,4-5,10-11H2,1-3H3,(H,25,29)/t13-,14+/m0/s1. The highest BCUT2D eigenvalue weighted by atomic mass is 32.1. The predicted molar refractivity (Wildman–Crippen MR) is 124 cm³/mol. The van der Waals surface area contributed by atoms with Crippen molar-refractivity contribution in [2.24, 2.45) is 5.92 Å². The van der Waals surface area contributed by atoms with Crippen LogP contribution in [0.1, 0.15) is 58.3 Å². The van der Waals surface area contributed by atoms with Crippen LogP contribution in [0.3, 0.4) is 0 Å². The largest absolute Gasteiger partial charge is 0.462 e. The van der Waals surface area contributed by atoms with Crippen LogP contribution in [0.15, 0.2) is 30.6 Å². The number of esters is 2. The average Bonchev–Trinajstić information content (AvgIpc) is 3.47. The molecule has 0 bridgehead atoms. The molecule has 11 heteroatoms. The van der Waals surface area contributed by atoms with Crippen LogP contribution in [0, 0.1) is 5.92 Å². The molecule has 0 aliphatic heterocycles. The summed E-state index contributed by atoms with van der Waals surface area (Å²) in [5.41, 5.74) is 2.32. The smallest absolute Gasteiger partial charge is 0.341 e. The van der Waals surface area contributed by atoms with Crippen molar-refractivity contribution in [1.82, 2.24) is 20.2 Å². The van der Waals surface area contributed by atoms with Gasteiger partial charge in [-0.15, -0.1) is 16.4 Å². The molecule has 34 heavy (non-hydrogen) atoms. The van der Waals surface area contributed by atoms with E-state index >= 15 is 0 Å². The van der Waals surface area contributed by atoms with Crippen LogP contribution in [-0.4, -0.2) is 50.8 Å². The van der Waals surface area contributed by atoms with E-state index < -0.39 is 23.9 Å². The summed E-state index contributed by atoms with van der Waals surface area (Å²) in [6.07, 6.45) is 2.96. The zero-order valence-electron chi connectivity index (χ0n) is 19.1. The number of fused-ring (bicyclic) bond motifs is 1. The van der Waals surface area contributed by atoms with Gasteiger partial charge in [0.2, 0.25) is 0 Å². The Bertz CT molecular complexity index is 1190. The number of nitrogens with zero attached hydrogens (tertiary/aromatic N) is 4. The molecule has 0 fully saturated rings. The molecule has 2 atom stereocenters. The zero-order valence-corrected chi connectivity index (χ0v) is 19.9. The molecule has 0 unspecified atom stereocenters. The van der Waals surface area contributed by atoms with Gasteiger partial charge in [-0.1, -0.05) is 6.92 Å². The van der Waals surface area contributed by atoms with E-state index in [0.29, 0.717) is 22.2 Å². The lowest BCUT2D eigenvalue weighted by Crippen LogP contribution is -2.30. The Morgan fingerprint density at radius 1 is 1.24 bits per heavy atom. The van der Waals surface area contributed by atoms with E-state index in [0.717, 1.165) is 29.7 Å². The van der Waals surface area contributed by atoms with Gasteiger partial charge in [-0.05, 0) is 79.3 Å². The van der Waals surface area contributed by atoms with Gasteiger partial charge in [0, 0.05) is 4.88 Å². The predicted octanol–water partition coefficient (Wildman–Crippen LogP) is 3.21. The number of aromatic nitrogens is 4. The fourth-order valence-corrected chi connectivity index (χ4v) is 5.19. The number of thiophene rings is 1. The maximum atomic E-state index is 12.8. The Morgan fingerprint density at radius 2 is 2.00 bits per heavy atom. The lowest BCUT2D eigenvalue weighted by Gasteiger charge is -2.18. The summed E-state index contributed by atoms with van der Waals surface area (Å²) in [4.78, 5) is 39.1. The first-order chi connectivity index (χ1) is 16.4. The molecule has 4 rings (SSSR count). The summed E-state index contributed by atoms with van der Waals surface area (Å²) in [7, 11) is 0. The Kier molecular flexibility index (Phi) is 7.01. The Balaban J connectivity index is 1.45. The number of hydrogen-bond donors (Lipinski definition) is 1. The maximum Gasteiger partial charge on any atom is 0.341 e. The van der Waals surface area contributed by atoms with Crippen LogP contribution in [0.2, 0.25) is 0 Å². The van der Waals surface area contributed by atoms with E-state index in [9.17, 15) is 14.4 Å². The number of carbonyl (C=O) groups is 3. The van der Waals surface area contributed by atoms with Crippen molar-refractivity contribution < 1.29 is 23.9 Å². The number of amides is 1. The topological polar surface area (TPSA) is 125 Å². The van der Waals surface area contributed by atoms with E-state index in [2.05, 4.69) is 27.8 Å². The summed E-state index contributed by atoms with van der Waals surface area (Å²) in [5, 5.41) is 14.1. The number of nitrogens with one attached hydrogen (secondary N) is 1. The quantitative estimate of drug-likeness (QED) is 0.508. The van der Waals surface area contributed by atoms with Crippen LogP contribution in [0.5, 0.6) is 0 Å². The van der Waals surface area contributed by atoms with E-state index in [4.69, 9.17) is 9.47 Å². The van der Waals surface area contributed by atoms with Crippen molar-refractivity contribution in [3.8, 4) is 5.69 Å². The summed E-state index contributed by atoms with van der Waals surface area (Å²) in [5.74, 6) is -1.10. The van der Waals surface area contributed by atoms with Crippen LogP contribution in [0.25, 0.3) is 5.69 Å². The molecule has 1 N–H and O–H groups in total. The lowest BCUT2D eigenvalue weighted by molar-refractivity contribution is -0.123. The van der Waals surface area contributed by atoms with Gasteiger partial charge >= 0.3 is 11.9 Å². The number of rotatable bonds is 7. The fourth-order valence-electron chi connectivity index (χ4n) is 3.78. The van der Waals surface area contributed by atoms with Crippen LogP contribution in [0.4, 0.5) is 5.00 Å². The average molecular weight is 484 g/mol. The monoisotopic (exact) mass is 483 g/mol. The molecular weight excluding hydrogens is 458 g/mol. The number of anilines is 1. The van der Waals surface area contributed by atoms with E-state index in [1.54, 1.807) is 31.2 Å². The number of benzene rings is 1. The highest BCUT2D eigenvalue weighted by molar-refractivity contribution is 7.17. The molecule has 178 valence electrons. The summed E-state index contributed by atoms with van der Waals surface area (Å²) < 4.78 is 12.0. The summed E-state index contributed by atoms with van der Waals surface area (Å²) in [6, 6.07) is 6.47. The SMILES string of the molecule is CCOC(=O)c1c(NC(=O)[C@@H](C)OC(=O)c2ccc(-n3cnnn3)cc2)sc2c1CC[C@H](C)C2. The number of tetrazole rings is 1. The minimum Gasteiger partial charge on any atom is -0.462 e. The maximum absolute atomic E-state index is 12.8. The zero-order chi connectivity index (χ0) is 24.2. The van der Waals surface area contributed by atoms with Crippen molar-refractivity contribution in [1.29, 1.82) is 0 Å². The van der Waals surface area contributed by atoms with Crippen LogP contribution in [-0.2, 0) is 27.1 Å². The normalized spacial score (nSPS) is 15.8. The first-order valence-corrected chi connectivity index (χ1v) is 11.9. The van der Waals surface area contributed by atoms with Gasteiger partial charge < -0.3 is 14.8 Å². The van der Waals surface area contributed by atoms with Gasteiger partial charge in [-0.2, -0.15) is 0 Å². The molecule has 2 heterocycles. The molecule has 2 aromatic heterocycles. The van der Waals surface area contributed by atoms with Crippen molar-refractivity contribution in [3.63, 3.8) is 0 Å². The van der Waals surface area contributed by atoms with E-state index in [1.807, 2.05) is 0 Å². The highest BCUT2D eigenvalue weighted by Crippen LogP contribution is 2.40. The van der Waals surface area contributed by atoms with Gasteiger partial charge in [0.05, 0.1) is 23.4 Å². The Hall–Kier alpha value is -3.60. The minimum atomic E-state index is -1.07. The van der Waals surface area contributed by atoms with E-state index in [-0.39, 0.29) is 12.2 Å². The molecule has 0 spiro atoms. The van der Waals surface area contributed by atoms with Gasteiger partial charge in [-0.3, -0.25) is 4.79 Å². The third-order valence-corrected chi connectivity index (χ3v) is 6.77. The van der Waals surface area contributed by atoms with Crippen molar-refractivity contribution >= 4 is 34.2 Å². The molecule has 0 saturated carbocycles. The molecule has 1 amide bonds. The molecule has 0 radical (unpaired) electrons. The Morgan fingerprint density at radius 3 is 2.68 bits per heavy atom. The molecule has 0 saturated heterocycles. The molecule has 1 aromatic carbocycles. The molecular formula is C23H25N5O5S. The van der Waals surface area contributed by atoms with E-state index in [1.165, 1.54) is 29.3 Å². The van der Waals surface area contributed by atoms with Gasteiger partial charge in [-0.25, -0.2) is 14.3 Å². The third-order valence-electron chi connectivity index (χ3n) is 5.60. The second-order valence-electron chi connectivity index (χ2n) is 8.11. The molecule has 10 nitrogen and oxygen atoms in total. The second-order valence-corrected chi connectivity index (χ2v) is 9.22. The van der Waals surface area contributed by atoms with Crippen LogP contribution >= 0.6 is 11.3 Å². The van der Waals surface area contributed by atoms with Crippen molar-refractivity contribution in [2.45, 2.75) is 46.1 Å². The molecule has 3 aromatic rings. The third kappa shape index (κ3) is 4.98. The van der Waals surface area contributed by atoms with Crippen LogP contribution < -0.4 is 5.32 Å². The summed E-state index contributed by atoms with van der Waals surface area (Å²) >= 11 is 1.39. The number of ether oxygens (including phenoxy) is 2. The first-order valence-electron chi connectivity index (χ1n) is 11.0. The minimum absolute atomic E-state index is 0.244. The number of carbonyl (C=O) groups excluding carboxylic acids is 3. The lowest BCUT2D eigenvalue weighted by atomic mass is 9.88. The Labute approximate surface area is 200 Å². The first kappa shape index (κ1) is 23.6. The molecule has 1 aliphatic carbocycles. The van der Waals surface area contributed by atoms with Gasteiger partial charge in [0.15, 0.2) is 6.10 Å². The highest BCUT2D eigenvalue weighted by Gasteiger charge is 2.30. The fraction of sp³-hybridized carbons (Fsp3) is 0.391. The van der Waals surface area contributed by atoms with Gasteiger partial charge in [0.1, 0.15) is 11.3 Å². The van der Waals surface area contributed by atoms with Crippen molar-refractivity contribution in [3.05, 3.63) is 52.2 Å². The van der Waals surface area contributed by atoms with Crippen molar-refractivity contribution in [2.75, 3.05) is 11.9 Å². The molecule has 1 aliphatic rings. The second kappa shape index (κ2) is 10.1.